The van der Waals surface area contributed by atoms with Gasteiger partial charge >= 0.3 is 0 Å². The number of amides is 1. The third kappa shape index (κ3) is 4.80. The quantitative estimate of drug-likeness (QED) is 0.377. The average molecular weight is 301 g/mol. The van der Waals surface area contributed by atoms with Crippen molar-refractivity contribution in [1.29, 1.82) is 0 Å². The van der Waals surface area contributed by atoms with Gasteiger partial charge in [0.15, 0.2) is 6.61 Å². The number of hydrazine groups is 1. The van der Waals surface area contributed by atoms with Crippen LogP contribution in [-0.2, 0) is 14.8 Å². The van der Waals surface area contributed by atoms with E-state index in [4.69, 9.17) is 10.6 Å². The van der Waals surface area contributed by atoms with E-state index in [0.717, 1.165) is 0 Å². The van der Waals surface area contributed by atoms with Crippen LogP contribution in [0.1, 0.15) is 20.3 Å². The Balaban J connectivity index is 2.73. The van der Waals surface area contributed by atoms with Gasteiger partial charge in [0.1, 0.15) is 5.75 Å². The van der Waals surface area contributed by atoms with Crippen molar-refractivity contribution < 1.29 is 17.9 Å². The van der Waals surface area contributed by atoms with Gasteiger partial charge in [-0.1, -0.05) is 6.92 Å². The molecule has 4 N–H and O–H groups in total. The number of carbonyl (C=O) groups is 1. The molecule has 0 fully saturated rings. The van der Waals surface area contributed by atoms with Gasteiger partial charge < -0.3 is 4.74 Å². The maximum atomic E-state index is 12.0. The molecular weight excluding hydrogens is 282 g/mol. The lowest BCUT2D eigenvalue weighted by atomic mass is 10.3. The Morgan fingerprint density at radius 2 is 1.95 bits per heavy atom. The molecule has 0 aromatic heterocycles. The van der Waals surface area contributed by atoms with Crippen LogP contribution in [0.2, 0.25) is 0 Å². The van der Waals surface area contributed by atoms with E-state index < -0.39 is 15.9 Å². The van der Waals surface area contributed by atoms with Crippen LogP contribution in [0, 0.1) is 0 Å². The van der Waals surface area contributed by atoms with E-state index in [-0.39, 0.29) is 17.5 Å². The van der Waals surface area contributed by atoms with Crippen LogP contribution in [0.4, 0.5) is 0 Å². The molecule has 0 spiro atoms. The Morgan fingerprint density at radius 1 is 1.35 bits per heavy atom. The van der Waals surface area contributed by atoms with Crippen molar-refractivity contribution in [3.8, 4) is 5.75 Å². The number of benzene rings is 1. The summed E-state index contributed by atoms with van der Waals surface area (Å²) < 4.78 is 31.7. The highest BCUT2D eigenvalue weighted by Crippen LogP contribution is 2.16. The largest absolute Gasteiger partial charge is 0.484 e. The number of sulfonamides is 1. The fourth-order valence-electron chi connectivity index (χ4n) is 1.32. The van der Waals surface area contributed by atoms with E-state index in [9.17, 15) is 13.2 Å². The molecule has 1 amide bonds. The minimum absolute atomic E-state index is 0.135. The summed E-state index contributed by atoms with van der Waals surface area (Å²) in [5, 5.41) is 0. The van der Waals surface area contributed by atoms with E-state index in [0.29, 0.717) is 12.2 Å². The first kappa shape index (κ1) is 16.4. The number of nitrogens with two attached hydrogens (primary N) is 1. The molecule has 7 nitrogen and oxygen atoms in total. The Bertz CT molecular complexity index is 542. The average Bonchev–Trinajstić information content (AvgIpc) is 2.44. The minimum Gasteiger partial charge on any atom is -0.484 e. The van der Waals surface area contributed by atoms with Crippen molar-refractivity contribution >= 4 is 15.9 Å². The predicted molar refractivity (Wildman–Crippen MR) is 74.3 cm³/mol. The van der Waals surface area contributed by atoms with Gasteiger partial charge in [0, 0.05) is 6.04 Å². The zero-order chi connectivity index (χ0) is 15.2. The normalized spacial score (nSPS) is 12.8. The molecular formula is C12H19N3O4S. The van der Waals surface area contributed by atoms with E-state index in [1.165, 1.54) is 24.3 Å². The molecule has 0 radical (unpaired) electrons. The standard InChI is InChI=1S/C12H19N3O4S/c1-3-9(2)15-20(17,18)11-6-4-10(5-7-11)19-8-12(16)14-13/h4-7,9,15H,3,8,13H2,1-2H3,(H,14,16)/t9-/m1/s1. The van der Waals surface area contributed by atoms with Gasteiger partial charge in [-0.3, -0.25) is 10.2 Å². The molecule has 1 atom stereocenters. The van der Waals surface area contributed by atoms with Crippen molar-refractivity contribution in [1.82, 2.24) is 10.1 Å². The summed E-state index contributed by atoms with van der Waals surface area (Å²) in [7, 11) is -3.53. The molecule has 1 aromatic rings. The van der Waals surface area contributed by atoms with Gasteiger partial charge in [-0.2, -0.15) is 0 Å². The highest BCUT2D eigenvalue weighted by molar-refractivity contribution is 7.89. The molecule has 0 aliphatic rings. The van der Waals surface area contributed by atoms with Crippen LogP contribution < -0.4 is 20.7 Å². The lowest BCUT2D eigenvalue weighted by molar-refractivity contribution is -0.123. The fourth-order valence-corrected chi connectivity index (χ4v) is 2.65. The monoisotopic (exact) mass is 301 g/mol. The third-order valence-corrected chi connectivity index (χ3v) is 4.24. The van der Waals surface area contributed by atoms with E-state index in [1.807, 2.05) is 12.3 Å². The van der Waals surface area contributed by atoms with Crippen LogP contribution in [0.25, 0.3) is 0 Å². The molecule has 0 saturated heterocycles. The van der Waals surface area contributed by atoms with E-state index in [2.05, 4.69) is 4.72 Å². The smallest absolute Gasteiger partial charge is 0.271 e. The molecule has 0 unspecified atom stereocenters. The second kappa shape index (κ2) is 7.22. The van der Waals surface area contributed by atoms with E-state index in [1.54, 1.807) is 6.92 Å². The minimum atomic E-state index is -3.53. The maximum absolute atomic E-state index is 12.0. The Hall–Kier alpha value is -1.64. The topological polar surface area (TPSA) is 111 Å². The van der Waals surface area contributed by atoms with Crippen LogP contribution in [0.5, 0.6) is 5.75 Å². The second-order valence-electron chi connectivity index (χ2n) is 4.26. The molecule has 8 heteroatoms. The van der Waals surface area contributed by atoms with Crippen LogP contribution in [-0.4, -0.2) is 27.0 Å². The van der Waals surface area contributed by atoms with Crippen LogP contribution in [0.3, 0.4) is 0 Å². The first-order valence-electron chi connectivity index (χ1n) is 6.13. The predicted octanol–water partition coefficient (Wildman–Crippen LogP) is 0.132. The van der Waals surface area contributed by atoms with E-state index >= 15 is 0 Å². The molecule has 0 saturated carbocycles. The van der Waals surface area contributed by atoms with Gasteiger partial charge in [0.05, 0.1) is 4.90 Å². The first-order chi connectivity index (χ1) is 9.39. The lowest BCUT2D eigenvalue weighted by Crippen LogP contribution is -2.34. The van der Waals surface area contributed by atoms with Gasteiger partial charge in [-0.25, -0.2) is 19.0 Å². The highest BCUT2D eigenvalue weighted by Gasteiger charge is 2.16. The zero-order valence-electron chi connectivity index (χ0n) is 11.4. The van der Waals surface area contributed by atoms with Gasteiger partial charge in [0.2, 0.25) is 10.0 Å². The van der Waals surface area contributed by atoms with Crippen LogP contribution in [0.15, 0.2) is 29.2 Å². The highest BCUT2D eigenvalue weighted by atomic mass is 32.2. The van der Waals surface area contributed by atoms with Crippen LogP contribution >= 0.6 is 0 Å². The third-order valence-electron chi connectivity index (χ3n) is 2.63. The number of ether oxygens (including phenoxy) is 1. The molecule has 0 heterocycles. The summed E-state index contributed by atoms with van der Waals surface area (Å²) in [6.07, 6.45) is 0.703. The number of carbonyl (C=O) groups excluding carboxylic acids is 1. The lowest BCUT2D eigenvalue weighted by Gasteiger charge is -2.12. The number of nitrogens with one attached hydrogen (secondary N) is 2. The van der Waals surface area contributed by atoms with Gasteiger partial charge in [0.25, 0.3) is 5.91 Å². The summed E-state index contributed by atoms with van der Waals surface area (Å²) in [5.41, 5.74) is 1.93. The molecule has 1 aromatic carbocycles. The summed E-state index contributed by atoms with van der Waals surface area (Å²) in [5.74, 6) is 4.82. The zero-order valence-corrected chi connectivity index (χ0v) is 12.2. The Labute approximate surface area is 118 Å². The second-order valence-corrected chi connectivity index (χ2v) is 5.97. The summed E-state index contributed by atoms with van der Waals surface area (Å²) in [6, 6.07) is 5.66. The SMILES string of the molecule is CC[C@@H](C)NS(=O)(=O)c1ccc(OCC(=O)NN)cc1. The van der Waals surface area contributed by atoms with Crippen molar-refractivity contribution in [3.05, 3.63) is 24.3 Å². The molecule has 20 heavy (non-hydrogen) atoms. The maximum Gasteiger partial charge on any atom is 0.271 e. The van der Waals surface area contributed by atoms with Crippen molar-refractivity contribution in [2.75, 3.05) is 6.61 Å². The summed E-state index contributed by atoms with van der Waals surface area (Å²) in [6.45, 7) is 3.46. The molecule has 1 rings (SSSR count). The number of hydrogen-bond donors (Lipinski definition) is 3. The summed E-state index contributed by atoms with van der Waals surface area (Å²) >= 11 is 0. The fraction of sp³-hybridized carbons (Fsp3) is 0.417. The van der Waals surface area contributed by atoms with Crippen molar-refractivity contribution in [2.45, 2.75) is 31.2 Å². The number of rotatable bonds is 7. The van der Waals surface area contributed by atoms with Gasteiger partial charge in [-0.05, 0) is 37.6 Å². The van der Waals surface area contributed by atoms with Gasteiger partial charge in [-0.15, -0.1) is 0 Å². The Morgan fingerprint density at radius 3 is 2.45 bits per heavy atom. The number of hydrogen-bond acceptors (Lipinski definition) is 5. The first-order valence-corrected chi connectivity index (χ1v) is 7.62. The molecule has 0 bridgehead atoms. The molecule has 0 aliphatic heterocycles. The van der Waals surface area contributed by atoms with Crippen molar-refractivity contribution in [3.63, 3.8) is 0 Å². The Kier molecular flexibility index (Phi) is 5.93. The molecule has 0 aliphatic carbocycles. The summed E-state index contributed by atoms with van der Waals surface area (Å²) in [4.78, 5) is 11.0. The van der Waals surface area contributed by atoms with Crippen molar-refractivity contribution in [2.24, 2.45) is 5.84 Å². The molecule has 112 valence electrons.